The maximum atomic E-state index is 11.8. The summed E-state index contributed by atoms with van der Waals surface area (Å²) in [6.45, 7) is 2.36. The molecule has 1 amide bonds. The fraction of sp³-hybridized carbons (Fsp3) is 0.267. The predicted molar refractivity (Wildman–Crippen MR) is 73.8 cm³/mol. The van der Waals surface area contributed by atoms with E-state index in [0.717, 1.165) is 11.1 Å². The molecule has 1 atom stereocenters. The van der Waals surface area contributed by atoms with Crippen molar-refractivity contribution in [2.75, 3.05) is 6.54 Å². The predicted octanol–water partition coefficient (Wildman–Crippen LogP) is 2.41. The van der Waals surface area contributed by atoms with Gasteiger partial charge in [0.25, 0.3) is 5.91 Å². The van der Waals surface area contributed by atoms with E-state index < -0.39 is 0 Å². The van der Waals surface area contributed by atoms with E-state index in [1.807, 2.05) is 37.3 Å². The molecule has 0 aliphatic carbocycles. The van der Waals surface area contributed by atoms with Gasteiger partial charge in [-0.1, -0.05) is 30.3 Å². The molecule has 0 aliphatic heterocycles. The third-order valence-electron chi connectivity index (χ3n) is 3.04. The summed E-state index contributed by atoms with van der Waals surface area (Å²) in [5, 5.41) is 2.81. The largest absolute Gasteiger partial charge is 0.459 e. The zero-order valence-electron chi connectivity index (χ0n) is 10.9. The van der Waals surface area contributed by atoms with Gasteiger partial charge in [0.1, 0.15) is 0 Å². The Morgan fingerprint density at radius 1 is 1.32 bits per heavy atom. The van der Waals surface area contributed by atoms with Gasteiger partial charge in [0.05, 0.1) is 6.26 Å². The molecule has 0 saturated heterocycles. The molecule has 2 rings (SSSR count). The number of benzene rings is 1. The Bertz CT molecular complexity index is 534. The van der Waals surface area contributed by atoms with Crippen molar-refractivity contribution >= 4 is 5.91 Å². The first kappa shape index (κ1) is 13.4. The molecule has 0 bridgehead atoms. The number of nitrogens with two attached hydrogens (primary N) is 1. The van der Waals surface area contributed by atoms with Gasteiger partial charge in [-0.3, -0.25) is 4.79 Å². The first-order valence-corrected chi connectivity index (χ1v) is 6.31. The summed E-state index contributed by atoms with van der Waals surface area (Å²) in [5.41, 5.74) is 7.97. The molecule has 1 aromatic heterocycles. The molecule has 2 aromatic rings. The summed E-state index contributed by atoms with van der Waals surface area (Å²) in [7, 11) is 0. The van der Waals surface area contributed by atoms with Crippen LogP contribution in [0, 0.1) is 6.92 Å². The standard InChI is InChI=1S/C15H18N2O2/c1-11-8-10-19-14(11)15(18)17-9-7-13(16)12-5-3-2-4-6-12/h2-6,8,10,13H,7,9,16H2,1H3,(H,17,18). The highest BCUT2D eigenvalue weighted by atomic mass is 16.3. The Kier molecular flexibility index (Phi) is 4.36. The van der Waals surface area contributed by atoms with Crippen LogP contribution in [-0.2, 0) is 0 Å². The van der Waals surface area contributed by atoms with E-state index in [0.29, 0.717) is 18.7 Å². The van der Waals surface area contributed by atoms with Gasteiger partial charge in [-0.15, -0.1) is 0 Å². The molecule has 0 spiro atoms. The Hall–Kier alpha value is -2.07. The summed E-state index contributed by atoms with van der Waals surface area (Å²) in [4.78, 5) is 11.8. The maximum Gasteiger partial charge on any atom is 0.287 e. The lowest BCUT2D eigenvalue weighted by Crippen LogP contribution is -2.27. The number of carbonyl (C=O) groups excluding carboxylic acids is 1. The Labute approximate surface area is 112 Å². The second-order valence-electron chi connectivity index (χ2n) is 4.49. The molecule has 3 N–H and O–H groups in total. The quantitative estimate of drug-likeness (QED) is 0.865. The third-order valence-corrected chi connectivity index (χ3v) is 3.04. The third kappa shape index (κ3) is 3.45. The van der Waals surface area contributed by atoms with Gasteiger partial charge < -0.3 is 15.5 Å². The number of carbonyl (C=O) groups is 1. The van der Waals surface area contributed by atoms with Crippen molar-refractivity contribution < 1.29 is 9.21 Å². The van der Waals surface area contributed by atoms with E-state index in [1.54, 1.807) is 6.07 Å². The highest BCUT2D eigenvalue weighted by molar-refractivity contribution is 5.92. The molecule has 0 saturated carbocycles. The van der Waals surface area contributed by atoms with Crippen molar-refractivity contribution in [1.29, 1.82) is 0 Å². The molecule has 1 unspecified atom stereocenters. The SMILES string of the molecule is Cc1ccoc1C(=O)NCCC(N)c1ccccc1. The van der Waals surface area contributed by atoms with E-state index >= 15 is 0 Å². The summed E-state index contributed by atoms with van der Waals surface area (Å²) in [6.07, 6.45) is 2.20. The number of nitrogens with one attached hydrogen (secondary N) is 1. The van der Waals surface area contributed by atoms with Crippen LogP contribution < -0.4 is 11.1 Å². The van der Waals surface area contributed by atoms with Crippen molar-refractivity contribution in [2.24, 2.45) is 5.73 Å². The molecule has 0 fully saturated rings. The lowest BCUT2D eigenvalue weighted by molar-refractivity contribution is 0.0924. The average Bonchev–Trinajstić information content (AvgIpc) is 2.86. The highest BCUT2D eigenvalue weighted by Crippen LogP contribution is 2.13. The lowest BCUT2D eigenvalue weighted by Gasteiger charge is -2.12. The van der Waals surface area contributed by atoms with Gasteiger partial charge in [-0.2, -0.15) is 0 Å². The summed E-state index contributed by atoms with van der Waals surface area (Å²) in [6, 6.07) is 11.5. The van der Waals surface area contributed by atoms with Crippen LogP contribution in [-0.4, -0.2) is 12.5 Å². The van der Waals surface area contributed by atoms with E-state index in [-0.39, 0.29) is 11.9 Å². The van der Waals surface area contributed by atoms with E-state index in [1.165, 1.54) is 6.26 Å². The van der Waals surface area contributed by atoms with Gasteiger partial charge in [-0.25, -0.2) is 0 Å². The zero-order valence-corrected chi connectivity index (χ0v) is 10.9. The van der Waals surface area contributed by atoms with Gasteiger partial charge in [0.15, 0.2) is 5.76 Å². The normalized spacial score (nSPS) is 12.1. The molecule has 1 aromatic carbocycles. The van der Waals surface area contributed by atoms with Crippen LogP contribution in [0.1, 0.15) is 34.1 Å². The minimum atomic E-state index is -0.192. The van der Waals surface area contributed by atoms with Crippen LogP contribution in [0.25, 0.3) is 0 Å². The molecule has 0 aliphatic rings. The topological polar surface area (TPSA) is 68.3 Å². The minimum Gasteiger partial charge on any atom is -0.459 e. The number of hydrogen-bond acceptors (Lipinski definition) is 3. The molecular formula is C15H18N2O2. The number of amides is 1. The fourth-order valence-electron chi connectivity index (χ4n) is 1.89. The van der Waals surface area contributed by atoms with E-state index in [2.05, 4.69) is 5.32 Å². The van der Waals surface area contributed by atoms with Gasteiger partial charge in [-0.05, 0) is 25.0 Å². The van der Waals surface area contributed by atoms with Gasteiger partial charge in [0.2, 0.25) is 0 Å². The molecule has 1 heterocycles. The Morgan fingerprint density at radius 2 is 2.05 bits per heavy atom. The van der Waals surface area contributed by atoms with Gasteiger partial charge >= 0.3 is 0 Å². The van der Waals surface area contributed by atoms with E-state index in [9.17, 15) is 4.79 Å². The van der Waals surface area contributed by atoms with Crippen molar-refractivity contribution in [3.63, 3.8) is 0 Å². The second kappa shape index (κ2) is 6.20. The van der Waals surface area contributed by atoms with Gasteiger partial charge in [0, 0.05) is 18.2 Å². The van der Waals surface area contributed by atoms with Crippen LogP contribution >= 0.6 is 0 Å². The van der Waals surface area contributed by atoms with Crippen LogP contribution in [0.3, 0.4) is 0 Å². The lowest BCUT2D eigenvalue weighted by atomic mass is 10.1. The second-order valence-corrected chi connectivity index (χ2v) is 4.49. The number of rotatable bonds is 5. The molecule has 4 heteroatoms. The number of furan rings is 1. The van der Waals surface area contributed by atoms with E-state index in [4.69, 9.17) is 10.2 Å². The van der Waals surface area contributed by atoms with Crippen LogP contribution in [0.5, 0.6) is 0 Å². The monoisotopic (exact) mass is 258 g/mol. The smallest absolute Gasteiger partial charge is 0.287 e. The number of aryl methyl sites for hydroxylation is 1. The van der Waals surface area contributed by atoms with Crippen molar-refractivity contribution in [2.45, 2.75) is 19.4 Å². The van der Waals surface area contributed by atoms with Crippen LogP contribution in [0.2, 0.25) is 0 Å². The summed E-state index contributed by atoms with van der Waals surface area (Å²) >= 11 is 0. The number of hydrogen-bond donors (Lipinski definition) is 2. The highest BCUT2D eigenvalue weighted by Gasteiger charge is 2.12. The van der Waals surface area contributed by atoms with Crippen molar-refractivity contribution in [1.82, 2.24) is 5.32 Å². The first-order chi connectivity index (χ1) is 9.18. The maximum absolute atomic E-state index is 11.8. The fourth-order valence-corrected chi connectivity index (χ4v) is 1.89. The van der Waals surface area contributed by atoms with Crippen molar-refractivity contribution in [3.8, 4) is 0 Å². The van der Waals surface area contributed by atoms with Crippen molar-refractivity contribution in [3.05, 3.63) is 59.5 Å². The minimum absolute atomic E-state index is 0.0702. The van der Waals surface area contributed by atoms with Crippen LogP contribution in [0.4, 0.5) is 0 Å². The molecule has 0 radical (unpaired) electrons. The Morgan fingerprint density at radius 3 is 2.68 bits per heavy atom. The first-order valence-electron chi connectivity index (χ1n) is 6.31. The molecule has 4 nitrogen and oxygen atoms in total. The van der Waals surface area contributed by atoms with Crippen LogP contribution in [0.15, 0.2) is 47.1 Å². The zero-order chi connectivity index (χ0) is 13.7. The summed E-state index contributed by atoms with van der Waals surface area (Å²) < 4.78 is 5.12. The molecule has 19 heavy (non-hydrogen) atoms. The molecule has 100 valence electrons. The average molecular weight is 258 g/mol. The molecular weight excluding hydrogens is 240 g/mol. The summed E-state index contributed by atoms with van der Waals surface area (Å²) in [5.74, 6) is 0.177. The Balaban J connectivity index is 1.81.